The van der Waals surface area contributed by atoms with Crippen molar-refractivity contribution >= 4 is 23.4 Å². The second-order valence-corrected chi connectivity index (χ2v) is 7.02. The zero-order chi connectivity index (χ0) is 19.8. The Balaban J connectivity index is 1.79. The molecule has 0 aromatic heterocycles. The van der Waals surface area contributed by atoms with Crippen molar-refractivity contribution in [2.75, 3.05) is 32.1 Å². The molecule has 0 bridgehead atoms. The van der Waals surface area contributed by atoms with E-state index in [0.29, 0.717) is 23.9 Å². The number of carbonyl (C=O) groups excluding carboxylic acids is 3. The van der Waals surface area contributed by atoms with Crippen LogP contribution in [-0.2, 0) is 14.4 Å². The summed E-state index contributed by atoms with van der Waals surface area (Å²) in [6.45, 7) is 4.31. The molecular weight excluding hydrogens is 346 g/mol. The smallest absolute Gasteiger partial charge is 0.243 e. The van der Waals surface area contributed by atoms with E-state index in [-0.39, 0.29) is 36.7 Å². The largest absolute Gasteiger partial charge is 0.497 e. The van der Waals surface area contributed by atoms with Crippen molar-refractivity contribution in [3.8, 4) is 5.75 Å². The van der Waals surface area contributed by atoms with Crippen LogP contribution < -0.4 is 15.4 Å². The van der Waals surface area contributed by atoms with E-state index >= 15 is 0 Å². The average Bonchev–Trinajstić information content (AvgIpc) is 3.49. The number of ether oxygens (including phenoxy) is 1. The third kappa shape index (κ3) is 6.92. The summed E-state index contributed by atoms with van der Waals surface area (Å²) >= 11 is 0. The molecule has 0 aliphatic heterocycles. The van der Waals surface area contributed by atoms with Crippen LogP contribution in [0, 0.1) is 11.8 Å². The second kappa shape index (κ2) is 9.94. The van der Waals surface area contributed by atoms with Gasteiger partial charge in [-0.3, -0.25) is 14.4 Å². The predicted molar refractivity (Wildman–Crippen MR) is 103 cm³/mol. The van der Waals surface area contributed by atoms with Gasteiger partial charge in [0.1, 0.15) is 5.75 Å². The summed E-state index contributed by atoms with van der Waals surface area (Å²) < 4.78 is 5.06. The van der Waals surface area contributed by atoms with Gasteiger partial charge in [-0.15, -0.1) is 0 Å². The number of carbonyl (C=O) groups is 3. The Kier molecular flexibility index (Phi) is 7.64. The molecule has 1 unspecified atom stereocenters. The summed E-state index contributed by atoms with van der Waals surface area (Å²) in [6, 6.07) is 6.93. The van der Waals surface area contributed by atoms with Gasteiger partial charge >= 0.3 is 0 Å². The third-order valence-electron chi connectivity index (χ3n) is 4.68. The lowest BCUT2D eigenvalue weighted by Crippen LogP contribution is -2.45. The van der Waals surface area contributed by atoms with E-state index in [1.807, 2.05) is 13.8 Å². The van der Waals surface area contributed by atoms with Gasteiger partial charge in [0.05, 0.1) is 20.2 Å². The SMILES string of the molecule is CCC(C)C(=O)N(CC(=O)NCC(=O)Nc1ccc(OC)cc1)CC1CC1. The average molecular weight is 375 g/mol. The molecule has 2 rings (SSSR count). The lowest BCUT2D eigenvalue weighted by molar-refractivity contribution is -0.139. The van der Waals surface area contributed by atoms with E-state index in [2.05, 4.69) is 10.6 Å². The van der Waals surface area contributed by atoms with Gasteiger partial charge in [-0.25, -0.2) is 0 Å². The molecule has 27 heavy (non-hydrogen) atoms. The molecule has 0 saturated heterocycles. The highest BCUT2D eigenvalue weighted by molar-refractivity contribution is 5.95. The zero-order valence-electron chi connectivity index (χ0n) is 16.3. The third-order valence-corrected chi connectivity index (χ3v) is 4.68. The maximum Gasteiger partial charge on any atom is 0.243 e. The number of nitrogens with one attached hydrogen (secondary N) is 2. The fourth-order valence-electron chi connectivity index (χ4n) is 2.62. The van der Waals surface area contributed by atoms with Crippen LogP contribution in [0.4, 0.5) is 5.69 Å². The summed E-state index contributed by atoms with van der Waals surface area (Å²) in [5.74, 6) is 0.456. The Bertz CT molecular complexity index is 656. The molecule has 0 heterocycles. The molecule has 0 radical (unpaired) electrons. The lowest BCUT2D eigenvalue weighted by Gasteiger charge is -2.25. The van der Waals surface area contributed by atoms with Gasteiger partial charge in [0.25, 0.3) is 0 Å². The van der Waals surface area contributed by atoms with Gasteiger partial charge in [-0.05, 0) is 49.4 Å². The number of hydrogen-bond donors (Lipinski definition) is 2. The Morgan fingerprint density at radius 1 is 1.19 bits per heavy atom. The van der Waals surface area contributed by atoms with E-state index in [9.17, 15) is 14.4 Å². The number of methoxy groups -OCH3 is 1. The molecule has 148 valence electrons. The number of rotatable bonds is 10. The Morgan fingerprint density at radius 2 is 1.85 bits per heavy atom. The standard InChI is InChI=1S/C20H29N3O4/c1-4-14(2)20(26)23(12-15-5-6-15)13-19(25)21-11-18(24)22-16-7-9-17(27-3)10-8-16/h7-10,14-15H,4-6,11-13H2,1-3H3,(H,21,25)(H,22,24). The first-order valence-corrected chi connectivity index (χ1v) is 9.42. The van der Waals surface area contributed by atoms with E-state index < -0.39 is 0 Å². The number of nitrogens with zero attached hydrogens (tertiary/aromatic N) is 1. The van der Waals surface area contributed by atoms with Crippen molar-refractivity contribution in [2.45, 2.75) is 33.1 Å². The van der Waals surface area contributed by atoms with Gasteiger partial charge < -0.3 is 20.3 Å². The van der Waals surface area contributed by atoms with Crippen LogP contribution in [0.1, 0.15) is 33.1 Å². The number of benzene rings is 1. The minimum atomic E-state index is -0.324. The molecule has 1 aromatic rings. The molecule has 1 aromatic carbocycles. The van der Waals surface area contributed by atoms with Crippen LogP contribution in [0.3, 0.4) is 0 Å². The molecule has 1 atom stereocenters. The van der Waals surface area contributed by atoms with Gasteiger partial charge in [0, 0.05) is 18.2 Å². The fraction of sp³-hybridized carbons (Fsp3) is 0.550. The van der Waals surface area contributed by atoms with Gasteiger partial charge in [0.2, 0.25) is 17.7 Å². The first-order valence-electron chi connectivity index (χ1n) is 9.42. The van der Waals surface area contributed by atoms with Crippen LogP contribution in [-0.4, -0.2) is 49.4 Å². The van der Waals surface area contributed by atoms with Crippen molar-refractivity contribution in [2.24, 2.45) is 11.8 Å². The maximum absolute atomic E-state index is 12.5. The molecular formula is C20H29N3O4. The van der Waals surface area contributed by atoms with Crippen molar-refractivity contribution in [1.29, 1.82) is 0 Å². The van der Waals surface area contributed by atoms with Gasteiger partial charge in [0.15, 0.2) is 0 Å². The molecule has 2 N–H and O–H groups in total. The normalized spacial score (nSPS) is 14.2. The topological polar surface area (TPSA) is 87.7 Å². The molecule has 1 fully saturated rings. The highest BCUT2D eigenvalue weighted by atomic mass is 16.5. The monoisotopic (exact) mass is 375 g/mol. The van der Waals surface area contributed by atoms with Crippen LogP contribution in [0.25, 0.3) is 0 Å². The van der Waals surface area contributed by atoms with Gasteiger partial charge in [-0.1, -0.05) is 13.8 Å². The molecule has 1 aliphatic carbocycles. The lowest BCUT2D eigenvalue weighted by atomic mass is 10.1. The Morgan fingerprint density at radius 3 is 2.41 bits per heavy atom. The van der Waals surface area contributed by atoms with E-state index in [1.54, 1.807) is 36.3 Å². The van der Waals surface area contributed by atoms with Gasteiger partial charge in [-0.2, -0.15) is 0 Å². The van der Waals surface area contributed by atoms with Crippen LogP contribution in [0.2, 0.25) is 0 Å². The molecule has 1 saturated carbocycles. The first kappa shape index (κ1) is 20.7. The summed E-state index contributed by atoms with van der Waals surface area (Å²) in [5, 5.41) is 5.30. The number of amides is 3. The Labute approximate surface area is 160 Å². The van der Waals surface area contributed by atoms with Crippen molar-refractivity contribution < 1.29 is 19.1 Å². The van der Waals surface area contributed by atoms with Crippen LogP contribution in [0.15, 0.2) is 24.3 Å². The van der Waals surface area contributed by atoms with E-state index in [4.69, 9.17) is 4.74 Å². The quantitative estimate of drug-likeness (QED) is 0.655. The minimum absolute atomic E-state index is 0.00207. The maximum atomic E-state index is 12.5. The molecule has 3 amide bonds. The molecule has 0 spiro atoms. The number of anilines is 1. The highest BCUT2D eigenvalue weighted by Gasteiger charge is 2.29. The van der Waals surface area contributed by atoms with Crippen molar-refractivity contribution in [1.82, 2.24) is 10.2 Å². The summed E-state index contributed by atoms with van der Waals surface area (Å²) in [4.78, 5) is 38.3. The van der Waals surface area contributed by atoms with Crippen molar-refractivity contribution in [3.63, 3.8) is 0 Å². The molecule has 7 heteroatoms. The number of hydrogen-bond acceptors (Lipinski definition) is 4. The fourth-order valence-corrected chi connectivity index (χ4v) is 2.62. The summed E-state index contributed by atoms with van der Waals surface area (Å²) in [6.07, 6.45) is 2.96. The second-order valence-electron chi connectivity index (χ2n) is 7.02. The summed E-state index contributed by atoms with van der Waals surface area (Å²) in [5.41, 5.74) is 0.623. The summed E-state index contributed by atoms with van der Waals surface area (Å²) in [7, 11) is 1.57. The van der Waals surface area contributed by atoms with E-state index in [0.717, 1.165) is 19.3 Å². The van der Waals surface area contributed by atoms with Crippen LogP contribution >= 0.6 is 0 Å². The zero-order valence-corrected chi connectivity index (χ0v) is 16.3. The predicted octanol–water partition coefficient (Wildman–Crippen LogP) is 2.03. The van der Waals surface area contributed by atoms with Crippen molar-refractivity contribution in [3.05, 3.63) is 24.3 Å². The van der Waals surface area contributed by atoms with E-state index in [1.165, 1.54) is 0 Å². The van der Waals surface area contributed by atoms with Crippen LogP contribution in [0.5, 0.6) is 5.75 Å². The minimum Gasteiger partial charge on any atom is -0.497 e. The first-order chi connectivity index (χ1) is 12.9. The molecule has 1 aliphatic rings. The highest BCUT2D eigenvalue weighted by Crippen LogP contribution is 2.30. The molecule has 7 nitrogen and oxygen atoms in total. The Hall–Kier alpha value is -2.57.